The Hall–Kier alpha value is -2.38. The molecule has 2 fully saturated rings. The van der Waals surface area contributed by atoms with Crippen molar-refractivity contribution in [2.75, 3.05) is 26.2 Å². The first-order valence-electron chi connectivity index (χ1n) is 8.60. The van der Waals surface area contributed by atoms with Gasteiger partial charge in [-0.05, 0) is 26.3 Å². The predicted octanol–water partition coefficient (Wildman–Crippen LogP) is 0.351. The number of nitrogens with zero attached hydrogens (tertiary/aromatic N) is 3. The van der Waals surface area contributed by atoms with Crippen molar-refractivity contribution in [3.63, 3.8) is 0 Å². The van der Waals surface area contributed by atoms with Crippen molar-refractivity contribution >= 4 is 17.8 Å². The minimum atomic E-state index is -1.17. The van der Waals surface area contributed by atoms with E-state index in [9.17, 15) is 19.5 Å². The van der Waals surface area contributed by atoms with Crippen molar-refractivity contribution in [2.24, 2.45) is 11.3 Å². The maximum atomic E-state index is 12.6. The maximum absolute atomic E-state index is 12.6. The highest BCUT2D eigenvalue weighted by atomic mass is 16.4. The van der Waals surface area contributed by atoms with Crippen LogP contribution in [0.25, 0.3) is 0 Å². The van der Waals surface area contributed by atoms with Gasteiger partial charge >= 0.3 is 5.97 Å². The highest BCUT2D eigenvalue weighted by Gasteiger charge is 2.62. The number of carboxylic acid groups (broad SMARTS) is 1. The van der Waals surface area contributed by atoms with Crippen LogP contribution in [0.4, 0.5) is 0 Å². The molecule has 0 radical (unpaired) electrons. The molecule has 2 N–H and O–H groups in total. The number of hydrogen-bond acceptors (Lipinski definition) is 4. The van der Waals surface area contributed by atoms with Crippen LogP contribution >= 0.6 is 0 Å². The summed E-state index contributed by atoms with van der Waals surface area (Å²) in [5.41, 5.74) is 1.71. The number of nitrogens with one attached hydrogen (secondary N) is 1. The van der Waals surface area contributed by atoms with E-state index >= 15 is 0 Å². The molecular weight excluding hydrogens is 324 g/mol. The number of likely N-dealkylation sites (tertiary alicyclic amines) is 2. The fourth-order valence-electron chi connectivity index (χ4n) is 3.93. The third-order valence-corrected chi connectivity index (χ3v) is 5.72. The topological polar surface area (TPSA) is 107 Å². The van der Waals surface area contributed by atoms with Crippen molar-refractivity contribution in [3.05, 3.63) is 17.0 Å². The molecule has 0 aromatic carbocycles. The van der Waals surface area contributed by atoms with Crippen molar-refractivity contribution in [2.45, 2.75) is 33.6 Å². The Labute approximate surface area is 146 Å². The lowest BCUT2D eigenvalue weighted by molar-refractivity contribution is -0.150. The molecule has 25 heavy (non-hydrogen) atoms. The number of carbonyl (C=O) groups is 3. The smallest absolute Gasteiger partial charge is 0.314 e. The Morgan fingerprint density at radius 1 is 1.36 bits per heavy atom. The molecule has 3 heterocycles. The molecule has 1 aromatic rings. The van der Waals surface area contributed by atoms with E-state index in [1.807, 2.05) is 20.8 Å². The molecule has 0 spiro atoms. The average Bonchev–Trinajstić information content (AvgIpc) is 3.20. The van der Waals surface area contributed by atoms with Crippen molar-refractivity contribution < 1.29 is 19.5 Å². The van der Waals surface area contributed by atoms with Crippen LogP contribution in [-0.2, 0) is 20.8 Å². The molecule has 0 unspecified atom stereocenters. The number of hydrogen-bond donors (Lipinski definition) is 2. The minimum absolute atomic E-state index is 0.104. The third kappa shape index (κ3) is 2.69. The summed E-state index contributed by atoms with van der Waals surface area (Å²) >= 11 is 0. The molecule has 2 atom stereocenters. The van der Waals surface area contributed by atoms with Gasteiger partial charge in [0.2, 0.25) is 11.8 Å². The second-order valence-corrected chi connectivity index (χ2v) is 7.06. The normalized spacial score (nSPS) is 25.6. The molecular formula is C17H24N4O4. The fourth-order valence-corrected chi connectivity index (χ4v) is 3.93. The van der Waals surface area contributed by atoms with Crippen LogP contribution < -0.4 is 0 Å². The van der Waals surface area contributed by atoms with Crippen LogP contribution in [0.5, 0.6) is 0 Å². The maximum Gasteiger partial charge on any atom is 0.314 e. The lowest BCUT2D eigenvalue weighted by Crippen LogP contribution is -2.42. The number of aryl methyl sites for hydroxylation is 2. The second-order valence-electron chi connectivity index (χ2n) is 7.06. The summed E-state index contributed by atoms with van der Waals surface area (Å²) in [6, 6.07) is 0. The van der Waals surface area contributed by atoms with Gasteiger partial charge in [0.25, 0.3) is 0 Å². The van der Waals surface area contributed by atoms with Gasteiger partial charge in [-0.2, -0.15) is 5.10 Å². The van der Waals surface area contributed by atoms with Crippen molar-refractivity contribution in [1.82, 2.24) is 20.0 Å². The molecule has 2 aliphatic rings. The zero-order valence-electron chi connectivity index (χ0n) is 14.8. The Morgan fingerprint density at radius 3 is 2.60 bits per heavy atom. The van der Waals surface area contributed by atoms with Gasteiger partial charge in [-0.3, -0.25) is 19.5 Å². The Bertz CT molecular complexity index is 728. The molecule has 8 nitrogen and oxygen atoms in total. The molecule has 0 saturated carbocycles. The van der Waals surface area contributed by atoms with Crippen LogP contribution in [0, 0.1) is 25.2 Å². The summed E-state index contributed by atoms with van der Waals surface area (Å²) in [7, 11) is 0. The Balaban J connectivity index is 1.69. The van der Waals surface area contributed by atoms with Crippen LogP contribution in [-0.4, -0.2) is 69.1 Å². The molecule has 2 amide bonds. The number of rotatable bonds is 5. The fraction of sp³-hybridized carbons (Fsp3) is 0.647. The molecule has 3 rings (SSSR count). The molecule has 0 aliphatic carbocycles. The van der Waals surface area contributed by atoms with E-state index in [0.717, 1.165) is 17.0 Å². The number of amides is 2. The highest BCUT2D eigenvalue weighted by Crippen LogP contribution is 2.43. The number of aromatic nitrogens is 2. The largest absolute Gasteiger partial charge is 0.481 e. The summed E-state index contributed by atoms with van der Waals surface area (Å²) in [4.78, 5) is 40.0. The Morgan fingerprint density at radius 2 is 2.08 bits per heavy atom. The van der Waals surface area contributed by atoms with Crippen LogP contribution in [0.1, 0.15) is 30.3 Å². The zero-order chi connectivity index (χ0) is 18.4. The summed E-state index contributed by atoms with van der Waals surface area (Å²) in [6.07, 6.45) is 0.768. The number of fused-ring (bicyclic) bond motifs is 1. The van der Waals surface area contributed by atoms with Crippen molar-refractivity contribution in [3.8, 4) is 0 Å². The van der Waals surface area contributed by atoms with E-state index in [1.54, 1.807) is 9.80 Å². The number of carbonyl (C=O) groups excluding carboxylic acids is 2. The van der Waals surface area contributed by atoms with Crippen LogP contribution in [0.2, 0.25) is 0 Å². The molecule has 2 saturated heterocycles. The molecule has 2 aliphatic heterocycles. The summed E-state index contributed by atoms with van der Waals surface area (Å²) in [5, 5.41) is 16.8. The quantitative estimate of drug-likeness (QED) is 0.798. The first-order chi connectivity index (χ1) is 11.8. The van der Waals surface area contributed by atoms with Gasteiger partial charge in [-0.25, -0.2) is 0 Å². The van der Waals surface area contributed by atoms with E-state index in [1.165, 1.54) is 0 Å². The zero-order valence-corrected chi connectivity index (χ0v) is 14.8. The number of aromatic amines is 1. The van der Waals surface area contributed by atoms with Crippen LogP contribution in [0.3, 0.4) is 0 Å². The minimum Gasteiger partial charge on any atom is -0.481 e. The predicted molar refractivity (Wildman–Crippen MR) is 88.8 cm³/mol. The number of aliphatic carboxylic acids is 1. The van der Waals surface area contributed by atoms with Gasteiger partial charge in [0.15, 0.2) is 0 Å². The van der Waals surface area contributed by atoms with Gasteiger partial charge < -0.3 is 14.9 Å². The molecule has 8 heteroatoms. The molecule has 1 aromatic heterocycles. The van der Waals surface area contributed by atoms with E-state index < -0.39 is 17.3 Å². The van der Waals surface area contributed by atoms with E-state index in [4.69, 9.17) is 0 Å². The van der Waals surface area contributed by atoms with Gasteiger partial charge in [0.05, 0.1) is 11.6 Å². The van der Waals surface area contributed by atoms with E-state index in [-0.39, 0.29) is 37.9 Å². The van der Waals surface area contributed by atoms with Gasteiger partial charge in [0.1, 0.15) is 5.41 Å². The lowest BCUT2D eigenvalue weighted by atomic mass is 9.81. The number of carboxylic acids is 1. The second kappa shape index (κ2) is 6.16. The van der Waals surface area contributed by atoms with Gasteiger partial charge in [0, 0.05) is 44.7 Å². The summed E-state index contributed by atoms with van der Waals surface area (Å²) in [5.74, 6) is -1.90. The third-order valence-electron chi connectivity index (χ3n) is 5.72. The Kier molecular flexibility index (Phi) is 4.30. The molecule has 0 bridgehead atoms. The monoisotopic (exact) mass is 348 g/mol. The van der Waals surface area contributed by atoms with Gasteiger partial charge in [-0.1, -0.05) is 0 Å². The van der Waals surface area contributed by atoms with E-state index in [2.05, 4.69) is 10.2 Å². The summed E-state index contributed by atoms with van der Waals surface area (Å²) in [6.45, 7) is 6.70. The first-order valence-corrected chi connectivity index (χ1v) is 8.60. The standard InChI is InChI=1S/C17H24N4O4/c1-4-20-8-17(16(24)25)9-21(7-12(17)15(20)23)14(22)6-5-13-10(2)11(3)18-19-13/h12H,4-9H2,1-3H3,(H,18,19)(H,24,25)/t12-,17+/m1/s1. The van der Waals surface area contributed by atoms with Gasteiger partial charge in [-0.15, -0.1) is 0 Å². The first kappa shape index (κ1) is 17.4. The lowest BCUT2D eigenvalue weighted by Gasteiger charge is -2.24. The van der Waals surface area contributed by atoms with E-state index in [0.29, 0.717) is 13.0 Å². The number of H-pyrrole nitrogens is 1. The SMILES string of the molecule is CCN1C[C@]2(C(=O)O)CN(C(=O)CCc3n[nH]c(C)c3C)C[C@@H]2C1=O. The highest BCUT2D eigenvalue weighted by molar-refractivity contribution is 5.94. The van der Waals surface area contributed by atoms with Crippen LogP contribution in [0.15, 0.2) is 0 Å². The average molecular weight is 348 g/mol. The summed E-state index contributed by atoms with van der Waals surface area (Å²) < 4.78 is 0. The van der Waals surface area contributed by atoms with Crippen molar-refractivity contribution in [1.29, 1.82) is 0 Å². The molecule has 136 valence electrons.